The second kappa shape index (κ2) is 10.5. The number of sulfone groups is 1. The van der Waals surface area contributed by atoms with Gasteiger partial charge in [-0.05, 0) is 50.7 Å². The molecule has 0 saturated carbocycles. The van der Waals surface area contributed by atoms with E-state index >= 15 is 0 Å². The van der Waals surface area contributed by atoms with E-state index in [4.69, 9.17) is 4.74 Å². The molecule has 1 aromatic rings. The van der Waals surface area contributed by atoms with Crippen LogP contribution in [-0.2, 0) is 14.6 Å². The van der Waals surface area contributed by atoms with Crippen LogP contribution in [0.5, 0.6) is 5.75 Å². The highest BCUT2D eigenvalue weighted by Crippen LogP contribution is 2.16. The molecule has 10 heteroatoms. The Morgan fingerprint density at radius 3 is 2.37 bits per heavy atom. The van der Waals surface area contributed by atoms with E-state index in [0.717, 1.165) is 11.2 Å². The van der Waals surface area contributed by atoms with Gasteiger partial charge in [0, 0.05) is 19.2 Å². The predicted molar refractivity (Wildman–Crippen MR) is 95.5 cm³/mol. The molecular weight excluding hydrogens is 385 g/mol. The van der Waals surface area contributed by atoms with Crippen LogP contribution in [0, 0.1) is 0 Å². The summed E-state index contributed by atoms with van der Waals surface area (Å²) in [6.45, 7) is -0.120. The van der Waals surface area contributed by atoms with Gasteiger partial charge in [-0.25, -0.2) is 8.42 Å². The number of halogens is 3. The lowest BCUT2D eigenvalue weighted by atomic mass is 10.3. The van der Waals surface area contributed by atoms with E-state index in [2.05, 4.69) is 5.32 Å². The fraction of sp³-hybridized carbons (Fsp3) is 0.588. The molecule has 6 nitrogen and oxygen atoms in total. The molecule has 0 atom stereocenters. The van der Waals surface area contributed by atoms with E-state index in [1.54, 1.807) is 12.1 Å². The van der Waals surface area contributed by atoms with Gasteiger partial charge in [0.1, 0.15) is 5.75 Å². The van der Waals surface area contributed by atoms with E-state index in [1.165, 1.54) is 19.2 Å². The molecule has 0 radical (unpaired) electrons. The quantitative estimate of drug-likeness (QED) is 0.567. The molecule has 0 unspecified atom stereocenters. The fourth-order valence-corrected chi connectivity index (χ4v) is 2.89. The molecule has 0 aliphatic carbocycles. The van der Waals surface area contributed by atoms with Crippen molar-refractivity contribution in [2.24, 2.45) is 0 Å². The summed E-state index contributed by atoms with van der Waals surface area (Å²) in [5.41, 5.74) is 0. The number of amides is 1. The molecule has 1 aromatic carbocycles. The highest BCUT2D eigenvalue weighted by atomic mass is 32.2. The van der Waals surface area contributed by atoms with Gasteiger partial charge in [-0.15, -0.1) is 0 Å². The molecule has 0 aliphatic rings. The summed E-state index contributed by atoms with van der Waals surface area (Å²) in [7, 11) is -1.86. The number of carbonyl (C=O) groups excluding carboxylic acids is 1. The first-order valence-corrected chi connectivity index (χ1v) is 10.3. The summed E-state index contributed by atoms with van der Waals surface area (Å²) in [5.74, 6) is 0.319. The zero-order valence-corrected chi connectivity index (χ0v) is 16.2. The number of alkyl halides is 3. The van der Waals surface area contributed by atoms with E-state index in [1.807, 2.05) is 0 Å². The van der Waals surface area contributed by atoms with E-state index in [-0.39, 0.29) is 23.8 Å². The van der Waals surface area contributed by atoms with Gasteiger partial charge in [0.25, 0.3) is 0 Å². The Hall–Kier alpha value is -1.81. The van der Waals surface area contributed by atoms with Crippen molar-refractivity contribution in [3.8, 4) is 5.75 Å². The monoisotopic (exact) mass is 410 g/mol. The molecule has 0 aliphatic heterocycles. The summed E-state index contributed by atoms with van der Waals surface area (Å²) in [6.07, 6.45) is -1.96. The smallest absolute Gasteiger partial charge is 0.401 e. The fourth-order valence-electron chi connectivity index (χ4n) is 2.26. The van der Waals surface area contributed by atoms with E-state index < -0.39 is 22.6 Å². The van der Waals surface area contributed by atoms with Gasteiger partial charge in [-0.3, -0.25) is 9.69 Å². The van der Waals surface area contributed by atoms with E-state index in [0.29, 0.717) is 31.7 Å². The van der Waals surface area contributed by atoms with Gasteiger partial charge in [0.15, 0.2) is 9.84 Å². The SMILES string of the molecule is CN(CCCNC(=O)CCCOc1ccc(S(C)(=O)=O)cc1)CC(F)(F)F. The number of nitrogens with zero attached hydrogens (tertiary/aromatic N) is 1. The third kappa shape index (κ3) is 10.8. The maximum Gasteiger partial charge on any atom is 0.401 e. The zero-order valence-electron chi connectivity index (χ0n) is 15.4. The topological polar surface area (TPSA) is 75.7 Å². The van der Waals surface area contributed by atoms with Gasteiger partial charge >= 0.3 is 6.18 Å². The van der Waals surface area contributed by atoms with Crippen molar-refractivity contribution in [1.29, 1.82) is 0 Å². The Labute approximate surface area is 157 Å². The van der Waals surface area contributed by atoms with Crippen LogP contribution in [0.3, 0.4) is 0 Å². The highest BCUT2D eigenvalue weighted by Gasteiger charge is 2.28. The minimum Gasteiger partial charge on any atom is -0.494 e. The zero-order chi connectivity index (χ0) is 20.5. The van der Waals surface area contributed by atoms with Crippen molar-refractivity contribution in [2.45, 2.75) is 30.3 Å². The summed E-state index contributed by atoms with van der Waals surface area (Å²) < 4.78 is 64.6. The Kier molecular flexibility index (Phi) is 9.04. The molecule has 0 heterocycles. The number of ether oxygens (including phenoxy) is 1. The summed E-state index contributed by atoms with van der Waals surface area (Å²) in [5, 5.41) is 2.65. The number of hydrogen-bond acceptors (Lipinski definition) is 5. The van der Waals surface area contributed by atoms with Crippen molar-refractivity contribution in [1.82, 2.24) is 10.2 Å². The number of carbonyl (C=O) groups is 1. The Bertz CT molecular complexity index is 691. The van der Waals surface area contributed by atoms with Crippen molar-refractivity contribution < 1.29 is 31.1 Å². The largest absolute Gasteiger partial charge is 0.494 e. The molecule has 154 valence electrons. The molecule has 0 fully saturated rings. The maximum atomic E-state index is 12.2. The maximum absolute atomic E-state index is 12.2. The predicted octanol–water partition coefficient (Wildman–Crippen LogP) is 2.25. The molecular formula is C17H25F3N2O4S. The van der Waals surface area contributed by atoms with E-state index in [9.17, 15) is 26.4 Å². The van der Waals surface area contributed by atoms with Gasteiger partial charge in [0.05, 0.1) is 18.0 Å². The van der Waals surface area contributed by atoms with Gasteiger partial charge in [-0.1, -0.05) is 0 Å². The number of nitrogens with one attached hydrogen (secondary N) is 1. The minimum absolute atomic E-state index is 0.190. The Balaban J connectivity index is 2.14. The second-order valence-corrected chi connectivity index (χ2v) is 8.27. The average molecular weight is 410 g/mol. The van der Waals surface area contributed by atoms with Crippen LogP contribution in [0.1, 0.15) is 19.3 Å². The van der Waals surface area contributed by atoms with Gasteiger partial charge < -0.3 is 10.1 Å². The molecule has 0 aromatic heterocycles. The van der Waals surface area contributed by atoms with Gasteiger partial charge in [0.2, 0.25) is 5.91 Å². The lowest BCUT2D eigenvalue weighted by Gasteiger charge is -2.18. The lowest BCUT2D eigenvalue weighted by Crippen LogP contribution is -2.33. The molecule has 1 rings (SSSR count). The number of hydrogen-bond donors (Lipinski definition) is 1. The average Bonchev–Trinajstić information content (AvgIpc) is 2.53. The summed E-state index contributed by atoms with van der Waals surface area (Å²) >= 11 is 0. The molecule has 0 bridgehead atoms. The van der Waals surface area contributed by atoms with Crippen molar-refractivity contribution >= 4 is 15.7 Å². The Morgan fingerprint density at radius 1 is 1.19 bits per heavy atom. The summed E-state index contributed by atoms with van der Waals surface area (Å²) in [4.78, 5) is 13.0. The lowest BCUT2D eigenvalue weighted by molar-refractivity contribution is -0.143. The minimum atomic E-state index is -4.22. The third-order valence-corrected chi connectivity index (χ3v) is 4.69. The molecule has 27 heavy (non-hydrogen) atoms. The van der Waals surface area contributed by atoms with Gasteiger partial charge in [-0.2, -0.15) is 13.2 Å². The molecule has 1 N–H and O–H groups in total. The van der Waals surface area contributed by atoms with Crippen molar-refractivity contribution in [3.63, 3.8) is 0 Å². The third-order valence-electron chi connectivity index (χ3n) is 3.56. The van der Waals surface area contributed by atoms with Crippen LogP contribution in [0.15, 0.2) is 29.2 Å². The molecule has 1 amide bonds. The molecule has 0 saturated heterocycles. The first-order valence-electron chi connectivity index (χ1n) is 8.42. The van der Waals surface area contributed by atoms with Crippen LogP contribution < -0.4 is 10.1 Å². The first kappa shape index (κ1) is 23.2. The standard InChI is InChI=1S/C17H25F3N2O4S/c1-22(13-17(18,19)20)11-4-10-21-16(23)5-3-12-26-14-6-8-15(9-7-14)27(2,24)25/h6-9H,3-5,10-13H2,1-2H3,(H,21,23). The van der Waals surface area contributed by atoms with Crippen LogP contribution in [0.4, 0.5) is 13.2 Å². The van der Waals surface area contributed by atoms with Crippen molar-refractivity contribution in [2.75, 3.05) is 39.5 Å². The molecule has 0 spiro atoms. The summed E-state index contributed by atoms with van der Waals surface area (Å²) in [6, 6.07) is 6.00. The number of benzene rings is 1. The van der Waals surface area contributed by atoms with Crippen LogP contribution in [0.25, 0.3) is 0 Å². The second-order valence-electron chi connectivity index (χ2n) is 6.25. The van der Waals surface area contributed by atoms with Crippen LogP contribution >= 0.6 is 0 Å². The first-order chi connectivity index (χ1) is 12.5. The number of rotatable bonds is 11. The Morgan fingerprint density at radius 2 is 1.81 bits per heavy atom. The van der Waals surface area contributed by atoms with Crippen LogP contribution in [-0.4, -0.2) is 64.9 Å². The normalized spacial score (nSPS) is 12.2. The van der Waals surface area contributed by atoms with Crippen LogP contribution in [0.2, 0.25) is 0 Å². The van der Waals surface area contributed by atoms with Crippen molar-refractivity contribution in [3.05, 3.63) is 24.3 Å². The highest BCUT2D eigenvalue weighted by molar-refractivity contribution is 7.90.